The van der Waals surface area contributed by atoms with E-state index in [1.807, 2.05) is 0 Å². The Balaban J connectivity index is 2.37. The summed E-state index contributed by atoms with van der Waals surface area (Å²) in [6.07, 6.45) is -2.03. The molecule has 1 amide bonds. The highest BCUT2D eigenvalue weighted by molar-refractivity contribution is 6.02. The summed E-state index contributed by atoms with van der Waals surface area (Å²) >= 11 is 0. The van der Waals surface area contributed by atoms with Gasteiger partial charge in [0.25, 0.3) is 5.91 Å². The number of alkyl halides is 3. The van der Waals surface area contributed by atoms with Crippen LogP contribution in [-0.2, 0) is 15.7 Å². The number of carbonyl (C=O) groups excluding carboxylic acids is 1. The molecule has 1 aromatic carbocycles. The number of ether oxygens (including phenoxy) is 1. The van der Waals surface area contributed by atoms with Crippen molar-refractivity contribution in [3.63, 3.8) is 0 Å². The lowest BCUT2D eigenvalue weighted by Crippen LogP contribution is -2.47. The molecule has 8 heteroatoms. The molecule has 0 saturated carbocycles. The number of nitrogens with zero attached hydrogens (tertiary/aromatic N) is 1. The van der Waals surface area contributed by atoms with E-state index in [9.17, 15) is 18.0 Å². The van der Waals surface area contributed by atoms with Crippen LogP contribution in [0.5, 0.6) is 0 Å². The lowest BCUT2D eigenvalue weighted by atomic mass is 10.0. The van der Waals surface area contributed by atoms with Gasteiger partial charge in [-0.15, -0.1) is 0 Å². The smallest absolute Gasteiger partial charge is 0.417 e. The number of rotatable bonds is 4. The minimum Gasteiger partial charge on any atom is -0.501 e. The van der Waals surface area contributed by atoms with Crippen LogP contribution in [0, 0.1) is 0 Å². The Morgan fingerprint density at radius 2 is 2.14 bits per heavy atom. The molecule has 0 spiro atoms. The molecule has 0 unspecified atom stereocenters. The summed E-state index contributed by atoms with van der Waals surface area (Å²) in [5.41, 5.74) is 4.21. The number of halogens is 3. The van der Waals surface area contributed by atoms with Gasteiger partial charge in [0.1, 0.15) is 12.4 Å². The fourth-order valence-electron chi connectivity index (χ4n) is 1.83. The molecule has 2 N–H and O–H groups in total. The number of hydrogen-bond acceptors (Lipinski definition) is 4. The molecule has 1 aliphatic rings. The van der Waals surface area contributed by atoms with Crippen LogP contribution in [0.2, 0.25) is 0 Å². The van der Waals surface area contributed by atoms with Gasteiger partial charge in [0.2, 0.25) is 0 Å². The molecule has 0 aromatic heterocycles. The second-order valence-corrected chi connectivity index (χ2v) is 4.40. The summed E-state index contributed by atoms with van der Waals surface area (Å²) < 4.78 is 44.4. The van der Waals surface area contributed by atoms with Gasteiger partial charge in [-0.2, -0.15) is 13.2 Å². The first-order valence-electron chi connectivity index (χ1n) is 6.51. The average Bonchev–Trinajstić information content (AvgIpc) is 2.47. The molecule has 5 nitrogen and oxygen atoms in total. The lowest BCUT2D eigenvalue weighted by molar-refractivity contribution is -0.137. The van der Waals surface area contributed by atoms with Gasteiger partial charge in [-0.1, -0.05) is 12.1 Å². The number of benzene rings is 1. The molecule has 1 aliphatic heterocycles. The third kappa shape index (κ3) is 3.78. The third-order valence-electron chi connectivity index (χ3n) is 2.84. The maximum absolute atomic E-state index is 13.2. The van der Waals surface area contributed by atoms with Gasteiger partial charge in [0.05, 0.1) is 18.4 Å². The highest BCUT2D eigenvalue weighted by Gasteiger charge is 2.33. The van der Waals surface area contributed by atoms with Crippen LogP contribution in [0.1, 0.15) is 23.6 Å². The summed E-state index contributed by atoms with van der Waals surface area (Å²) in [4.78, 5) is 14.9. The Bertz CT molecular complexity index is 624. The van der Waals surface area contributed by atoms with Crippen LogP contribution in [0.3, 0.4) is 0 Å². The first-order valence-corrected chi connectivity index (χ1v) is 6.51. The average molecular weight is 313 g/mol. The normalized spacial score (nSPS) is 15.3. The number of carbonyl (C=O) groups is 1. The summed E-state index contributed by atoms with van der Waals surface area (Å²) in [5, 5.41) is 0. The van der Waals surface area contributed by atoms with Crippen molar-refractivity contribution in [1.29, 1.82) is 0 Å². The maximum atomic E-state index is 13.2. The number of nitrogens with one attached hydrogen (secondary N) is 2. The fraction of sp³-hybridized carbons (Fsp3) is 0.286. The molecular formula is C14H14F3N3O2. The first-order chi connectivity index (χ1) is 10.4. The summed E-state index contributed by atoms with van der Waals surface area (Å²) in [6, 6.07) is 3.80. The number of amides is 1. The molecular weight excluding hydrogens is 299 g/mol. The van der Waals surface area contributed by atoms with Crippen LogP contribution in [0.4, 0.5) is 13.2 Å². The van der Waals surface area contributed by atoms with Gasteiger partial charge >= 0.3 is 6.18 Å². The Morgan fingerprint density at radius 3 is 2.73 bits per heavy atom. The number of amidine groups is 1. The van der Waals surface area contributed by atoms with Crippen LogP contribution < -0.4 is 10.9 Å². The molecule has 0 atom stereocenters. The molecule has 0 bridgehead atoms. The van der Waals surface area contributed by atoms with Crippen LogP contribution in [0.15, 0.2) is 29.5 Å². The van der Waals surface area contributed by atoms with E-state index < -0.39 is 11.7 Å². The van der Waals surface area contributed by atoms with E-state index in [0.717, 1.165) is 6.07 Å². The van der Waals surface area contributed by atoms with Crippen LogP contribution in [-0.4, -0.2) is 24.9 Å². The summed E-state index contributed by atoms with van der Waals surface area (Å²) in [6.45, 7) is 1.98. The Labute approximate surface area is 124 Å². The number of aliphatic imine (C=N–C) groups is 1. The second-order valence-electron chi connectivity index (χ2n) is 4.40. The second kappa shape index (κ2) is 6.50. The van der Waals surface area contributed by atoms with Gasteiger partial charge in [-0.25, -0.2) is 0 Å². The van der Waals surface area contributed by atoms with Gasteiger partial charge in [-0.05, 0) is 24.6 Å². The minimum absolute atomic E-state index is 0.00912. The van der Waals surface area contributed by atoms with E-state index in [0.29, 0.717) is 6.61 Å². The van der Waals surface area contributed by atoms with Gasteiger partial charge in [0.15, 0.2) is 0 Å². The summed E-state index contributed by atoms with van der Waals surface area (Å²) in [7, 11) is 0. The van der Waals surface area contributed by atoms with E-state index >= 15 is 0 Å². The van der Waals surface area contributed by atoms with Gasteiger partial charge in [0, 0.05) is 5.56 Å². The van der Waals surface area contributed by atoms with E-state index in [1.165, 1.54) is 24.5 Å². The predicted molar refractivity (Wildman–Crippen MR) is 74.8 cm³/mol. The van der Waals surface area contributed by atoms with E-state index in [-0.39, 0.29) is 29.4 Å². The van der Waals surface area contributed by atoms with E-state index in [1.54, 1.807) is 6.92 Å². The van der Waals surface area contributed by atoms with Crippen LogP contribution >= 0.6 is 0 Å². The number of hydrazine groups is 1. The molecule has 118 valence electrons. The zero-order valence-corrected chi connectivity index (χ0v) is 11.7. The highest BCUT2D eigenvalue weighted by atomic mass is 19.4. The van der Waals surface area contributed by atoms with Crippen molar-refractivity contribution in [2.45, 2.75) is 13.1 Å². The van der Waals surface area contributed by atoms with Crippen LogP contribution in [0.25, 0.3) is 6.08 Å². The Hall–Kier alpha value is -2.51. The molecule has 1 heterocycles. The molecule has 2 rings (SSSR count). The van der Waals surface area contributed by atoms with Crippen molar-refractivity contribution in [2.24, 2.45) is 4.99 Å². The molecule has 0 fully saturated rings. The maximum Gasteiger partial charge on any atom is 0.417 e. The standard InChI is InChI=1S/C14H14F3N3O2/c1-2-22-6-5-9-3-4-10(7-11(9)14(15,16)17)13-18-8-12(21)19-20-13/h3-7H,2,8H2,1H3,(H,18,20)(H,19,21)/b6-5+. The van der Waals surface area contributed by atoms with Gasteiger partial charge < -0.3 is 4.74 Å². The van der Waals surface area contributed by atoms with E-state index in [4.69, 9.17) is 4.74 Å². The molecule has 0 radical (unpaired) electrons. The molecule has 0 aliphatic carbocycles. The monoisotopic (exact) mass is 313 g/mol. The Kier molecular flexibility index (Phi) is 4.69. The van der Waals surface area contributed by atoms with Crippen molar-refractivity contribution in [3.05, 3.63) is 41.2 Å². The molecule has 0 saturated heterocycles. The van der Waals surface area contributed by atoms with Crippen molar-refractivity contribution >= 4 is 17.8 Å². The Morgan fingerprint density at radius 1 is 1.36 bits per heavy atom. The zero-order chi connectivity index (χ0) is 16.2. The van der Waals surface area contributed by atoms with Crippen molar-refractivity contribution in [3.8, 4) is 0 Å². The van der Waals surface area contributed by atoms with Crippen molar-refractivity contribution < 1.29 is 22.7 Å². The first kappa shape index (κ1) is 15.9. The van der Waals surface area contributed by atoms with Crippen molar-refractivity contribution in [2.75, 3.05) is 13.2 Å². The largest absolute Gasteiger partial charge is 0.501 e. The third-order valence-corrected chi connectivity index (χ3v) is 2.84. The molecule has 22 heavy (non-hydrogen) atoms. The highest BCUT2D eigenvalue weighted by Crippen LogP contribution is 2.33. The zero-order valence-electron chi connectivity index (χ0n) is 11.7. The minimum atomic E-state index is -4.51. The van der Waals surface area contributed by atoms with E-state index in [2.05, 4.69) is 15.8 Å². The topological polar surface area (TPSA) is 62.7 Å². The van der Waals surface area contributed by atoms with Crippen molar-refractivity contribution in [1.82, 2.24) is 10.9 Å². The SMILES string of the molecule is CCO/C=C/c1ccc(C2=NCC(=O)NN2)cc1C(F)(F)F. The number of hydrogen-bond donors (Lipinski definition) is 2. The fourth-order valence-corrected chi connectivity index (χ4v) is 1.83. The lowest BCUT2D eigenvalue weighted by Gasteiger charge is -2.17. The summed E-state index contributed by atoms with van der Waals surface area (Å²) in [5.74, 6) is -0.165. The van der Waals surface area contributed by atoms with Gasteiger partial charge in [-0.3, -0.25) is 20.6 Å². The quantitative estimate of drug-likeness (QED) is 0.837. The predicted octanol–water partition coefficient (Wildman–Crippen LogP) is 2.09. The molecule has 1 aromatic rings.